The fraction of sp³-hybridized carbons (Fsp3) is 0.211. The van der Waals surface area contributed by atoms with Crippen LogP contribution in [0.1, 0.15) is 0 Å². The van der Waals surface area contributed by atoms with Crippen LogP contribution in [0.15, 0.2) is 52.7 Å². The highest BCUT2D eigenvalue weighted by molar-refractivity contribution is 7.89. The molecule has 1 aliphatic heterocycles. The highest BCUT2D eigenvalue weighted by Crippen LogP contribution is 2.32. The molecule has 2 heterocycles. The fourth-order valence-corrected chi connectivity index (χ4v) is 6.08. The molecule has 1 aromatic heterocycles. The van der Waals surface area contributed by atoms with Crippen molar-refractivity contribution < 1.29 is 8.42 Å². The molecule has 0 spiro atoms. The number of halogens is 3. The second-order valence-electron chi connectivity index (χ2n) is 6.52. The van der Waals surface area contributed by atoms with Gasteiger partial charge in [-0.25, -0.2) is 13.4 Å². The smallest absolute Gasteiger partial charge is 0.243 e. The number of benzene rings is 2. The van der Waals surface area contributed by atoms with Gasteiger partial charge in [-0.3, -0.25) is 0 Å². The molecule has 1 fully saturated rings. The van der Waals surface area contributed by atoms with Crippen LogP contribution in [-0.4, -0.2) is 43.9 Å². The van der Waals surface area contributed by atoms with Crippen molar-refractivity contribution in [1.82, 2.24) is 9.29 Å². The predicted molar refractivity (Wildman–Crippen MR) is 120 cm³/mol. The predicted octanol–water partition coefficient (Wildman–Crippen LogP) is 5.28. The maximum absolute atomic E-state index is 12.8. The van der Waals surface area contributed by atoms with Crippen LogP contribution in [-0.2, 0) is 10.0 Å². The minimum absolute atomic E-state index is 0.254. The molecule has 152 valence electrons. The molecule has 0 amide bonds. The van der Waals surface area contributed by atoms with Crippen molar-refractivity contribution in [3.8, 4) is 11.3 Å². The Morgan fingerprint density at radius 1 is 0.862 bits per heavy atom. The van der Waals surface area contributed by atoms with Crippen LogP contribution in [0.5, 0.6) is 0 Å². The third-order valence-corrected chi connectivity index (χ3v) is 8.11. The number of anilines is 1. The summed E-state index contributed by atoms with van der Waals surface area (Å²) in [5.74, 6) is 0. The monoisotopic (exact) mass is 487 g/mol. The van der Waals surface area contributed by atoms with E-state index in [1.54, 1.807) is 18.2 Å². The zero-order valence-electron chi connectivity index (χ0n) is 15.1. The lowest BCUT2D eigenvalue weighted by atomic mass is 10.2. The molecule has 0 unspecified atom stereocenters. The van der Waals surface area contributed by atoms with Crippen LogP contribution >= 0.6 is 46.1 Å². The molecule has 29 heavy (non-hydrogen) atoms. The minimum Gasteiger partial charge on any atom is -0.345 e. The number of thiazole rings is 1. The average molecular weight is 489 g/mol. The zero-order chi connectivity index (χ0) is 20.6. The SMILES string of the molecule is O=S(=O)(c1ccc(Cl)cc1)N1CCN(c2nc(-c3cc(Cl)cc(Cl)c3)cs2)CC1. The molecule has 3 aromatic rings. The number of nitrogens with zero attached hydrogens (tertiary/aromatic N) is 3. The summed E-state index contributed by atoms with van der Waals surface area (Å²) in [4.78, 5) is 7.03. The fourth-order valence-electron chi connectivity index (χ4n) is 3.12. The summed E-state index contributed by atoms with van der Waals surface area (Å²) in [6, 6.07) is 11.6. The van der Waals surface area contributed by atoms with Gasteiger partial charge in [0.25, 0.3) is 0 Å². The normalized spacial score (nSPS) is 15.6. The van der Waals surface area contributed by atoms with Crippen molar-refractivity contribution in [2.45, 2.75) is 4.90 Å². The first-order valence-electron chi connectivity index (χ1n) is 8.75. The van der Waals surface area contributed by atoms with Crippen LogP contribution in [0.2, 0.25) is 15.1 Å². The van der Waals surface area contributed by atoms with Crippen molar-refractivity contribution in [2.75, 3.05) is 31.1 Å². The number of hydrogen-bond acceptors (Lipinski definition) is 5. The molecule has 5 nitrogen and oxygen atoms in total. The Morgan fingerprint density at radius 2 is 1.48 bits per heavy atom. The van der Waals surface area contributed by atoms with Crippen LogP contribution in [0.4, 0.5) is 5.13 Å². The Hall–Kier alpha value is -1.35. The van der Waals surface area contributed by atoms with E-state index in [4.69, 9.17) is 34.8 Å². The van der Waals surface area contributed by atoms with Gasteiger partial charge in [0, 0.05) is 52.2 Å². The summed E-state index contributed by atoms with van der Waals surface area (Å²) >= 11 is 19.5. The molecular formula is C19H16Cl3N3O2S2. The van der Waals surface area contributed by atoms with Gasteiger partial charge < -0.3 is 4.90 Å². The van der Waals surface area contributed by atoms with Gasteiger partial charge in [-0.1, -0.05) is 34.8 Å². The van der Waals surface area contributed by atoms with Gasteiger partial charge in [0.1, 0.15) is 0 Å². The minimum atomic E-state index is -3.53. The van der Waals surface area contributed by atoms with Crippen molar-refractivity contribution >= 4 is 61.3 Å². The molecule has 4 rings (SSSR count). The Labute approximate surface area is 188 Å². The molecule has 1 aliphatic rings. The number of hydrogen-bond donors (Lipinski definition) is 0. The number of piperazine rings is 1. The Morgan fingerprint density at radius 3 is 2.10 bits per heavy atom. The summed E-state index contributed by atoms with van der Waals surface area (Å²) < 4.78 is 27.1. The third kappa shape index (κ3) is 4.55. The van der Waals surface area contributed by atoms with Gasteiger partial charge in [0.15, 0.2) is 5.13 Å². The van der Waals surface area contributed by atoms with Gasteiger partial charge in [-0.15, -0.1) is 11.3 Å². The lowest BCUT2D eigenvalue weighted by Gasteiger charge is -2.33. The summed E-state index contributed by atoms with van der Waals surface area (Å²) in [5.41, 5.74) is 1.65. The van der Waals surface area contributed by atoms with Crippen LogP contribution in [0.3, 0.4) is 0 Å². The highest BCUT2D eigenvalue weighted by atomic mass is 35.5. The van der Waals surface area contributed by atoms with Crippen LogP contribution in [0.25, 0.3) is 11.3 Å². The molecule has 0 saturated carbocycles. The maximum atomic E-state index is 12.8. The van der Waals surface area contributed by atoms with Gasteiger partial charge in [-0.05, 0) is 42.5 Å². The van der Waals surface area contributed by atoms with Gasteiger partial charge in [0.2, 0.25) is 10.0 Å². The van der Waals surface area contributed by atoms with Crippen molar-refractivity contribution in [3.05, 3.63) is 62.9 Å². The average Bonchev–Trinajstić information content (AvgIpc) is 3.18. The van der Waals surface area contributed by atoms with E-state index in [2.05, 4.69) is 9.88 Å². The lowest BCUT2D eigenvalue weighted by molar-refractivity contribution is 0.385. The van der Waals surface area contributed by atoms with Gasteiger partial charge in [0.05, 0.1) is 10.6 Å². The first kappa shape index (κ1) is 20.9. The molecule has 0 aliphatic carbocycles. The maximum Gasteiger partial charge on any atom is 0.243 e. The van der Waals surface area contributed by atoms with Crippen molar-refractivity contribution in [3.63, 3.8) is 0 Å². The summed E-state index contributed by atoms with van der Waals surface area (Å²) in [6.45, 7) is 1.91. The molecule has 0 N–H and O–H groups in total. The molecule has 1 saturated heterocycles. The first-order valence-corrected chi connectivity index (χ1v) is 12.2. The zero-order valence-corrected chi connectivity index (χ0v) is 19.0. The first-order chi connectivity index (χ1) is 13.8. The van der Waals surface area contributed by atoms with Crippen LogP contribution in [0, 0.1) is 0 Å². The quantitative estimate of drug-likeness (QED) is 0.501. The van der Waals surface area contributed by atoms with Gasteiger partial charge in [-0.2, -0.15) is 4.31 Å². The molecule has 0 atom stereocenters. The molecule has 2 aromatic carbocycles. The number of sulfonamides is 1. The van der Waals surface area contributed by atoms with E-state index in [9.17, 15) is 8.42 Å². The molecule has 0 radical (unpaired) electrons. The van der Waals surface area contributed by atoms with E-state index < -0.39 is 10.0 Å². The summed E-state index contributed by atoms with van der Waals surface area (Å²) in [5, 5.41) is 4.42. The summed E-state index contributed by atoms with van der Waals surface area (Å²) in [7, 11) is -3.53. The largest absolute Gasteiger partial charge is 0.345 e. The van der Waals surface area contributed by atoms with E-state index in [0.29, 0.717) is 41.2 Å². The highest BCUT2D eigenvalue weighted by Gasteiger charge is 2.29. The second-order valence-corrected chi connectivity index (χ2v) is 10.6. The number of aromatic nitrogens is 1. The standard InChI is InChI=1S/C19H16Cl3N3O2S2/c20-14-1-3-17(4-2-14)29(26,27)25-7-5-24(6-8-25)19-23-18(12-28-19)13-9-15(21)11-16(22)10-13/h1-4,9-12H,5-8H2. The molecule has 0 bridgehead atoms. The van der Waals surface area contributed by atoms with E-state index in [-0.39, 0.29) is 4.90 Å². The second kappa shape index (κ2) is 8.41. The lowest BCUT2D eigenvalue weighted by Crippen LogP contribution is -2.48. The van der Waals surface area contributed by atoms with E-state index in [1.807, 2.05) is 17.5 Å². The Balaban J connectivity index is 1.46. The summed E-state index contributed by atoms with van der Waals surface area (Å²) in [6.07, 6.45) is 0. The van der Waals surface area contributed by atoms with E-state index in [0.717, 1.165) is 16.4 Å². The van der Waals surface area contributed by atoms with Crippen molar-refractivity contribution in [2.24, 2.45) is 0 Å². The Kier molecular flexibility index (Phi) is 6.06. The molecule has 10 heteroatoms. The number of rotatable bonds is 4. The Bertz CT molecular complexity index is 1110. The topological polar surface area (TPSA) is 53.5 Å². The van der Waals surface area contributed by atoms with Crippen LogP contribution < -0.4 is 4.90 Å². The van der Waals surface area contributed by atoms with E-state index >= 15 is 0 Å². The van der Waals surface area contributed by atoms with Gasteiger partial charge >= 0.3 is 0 Å². The third-order valence-electron chi connectivity index (χ3n) is 4.61. The van der Waals surface area contributed by atoms with Crippen molar-refractivity contribution in [1.29, 1.82) is 0 Å². The van der Waals surface area contributed by atoms with E-state index in [1.165, 1.54) is 27.8 Å². The molecular weight excluding hydrogens is 473 g/mol.